The second-order valence-corrected chi connectivity index (χ2v) is 8.78. The molecule has 3 unspecified atom stereocenters. The Bertz CT molecular complexity index is 960. The zero-order valence-electron chi connectivity index (χ0n) is 19.3. The van der Waals surface area contributed by atoms with E-state index < -0.39 is 30.1 Å². The van der Waals surface area contributed by atoms with Crippen LogP contribution in [0.15, 0.2) is 48.5 Å². The fourth-order valence-corrected chi connectivity index (χ4v) is 4.21. The number of carboxylic acid groups (broad SMARTS) is 1. The maximum atomic E-state index is 12.4. The summed E-state index contributed by atoms with van der Waals surface area (Å²) >= 11 is 0. The Morgan fingerprint density at radius 1 is 0.970 bits per heavy atom. The molecule has 2 aromatic rings. The standard InChI is InChI=1S/C26H32N2O5/c1-4-16(2)13-23(25(30)31)28-24(29)14-17(3)27-26(32)33-15-22-20-11-7-5-9-18(20)19-10-6-8-12-21(19)22/h5-12,16-17,22-23H,4,13-15H2,1-3H3,(H,27,32)(H,28,29)(H,30,31). The molecular formula is C26H32N2O5. The van der Waals surface area contributed by atoms with Crippen LogP contribution in [0.1, 0.15) is 57.1 Å². The fourth-order valence-electron chi connectivity index (χ4n) is 4.21. The van der Waals surface area contributed by atoms with Crippen LogP contribution < -0.4 is 10.6 Å². The van der Waals surface area contributed by atoms with Gasteiger partial charge in [0, 0.05) is 18.4 Å². The molecule has 0 bridgehead atoms. The van der Waals surface area contributed by atoms with Crippen molar-refractivity contribution in [2.75, 3.05) is 6.61 Å². The molecule has 1 aliphatic rings. The van der Waals surface area contributed by atoms with Gasteiger partial charge in [0.15, 0.2) is 0 Å². The van der Waals surface area contributed by atoms with Crippen molar-refractivity contribution in [2.45, 2.75) is 58.0 Å². The first kappa shape index (κ1) is 24.3. The molecule has 7 nitrogen and oxygen atoms in total. The lowest BCUT2D eigenvalue weighted by atomic mass is 9.98. The van der Waals surface area contributed by atoms with Gasteiger partial charge in [0.05, 0.1) is 0 Å². The van der Waals surface area contributed by atoms with Crippen LogP contribution in [0.3, 0.4) is 0 Å². The molecule has 0 aromatic heterocycles. The number of hydrogen-bond acceptors (Lipinski definition) is 4. The number of benzene rings is 2. The average Bonchev–Trinajstić information content (AvgIpc) is 3.10. The molecule has 0 fully saturated rings. The highest BCUT2D eigenvalue weighted by Gasteiger charge is 2.29. The van der Waals surface area contributed by atoms with Crippen molar-refractivity contribution in [2.24, 2.45) is 5.92 Å². The molecule has 7 heteroatoms. The summed E-state index contributed by atoms with van der Waals surface area (Å²) in [6.07, 6.45) is 0.561. The van der Waals surface area contributed by atoms with Crippen LogP contribution in [-0.4, -0.2) is 41.8 Å². The number of ether oxygens (including phenoxy) is 1. The number of rotatable bonds is 10. The highest BCUT2D eigenvalue weighted by Crippen LogP contribution is 2.44. The maximum absolute atomic E-state index is 12.4. The summed E-state index contributed by atoms with van der Waals surface area (Å²) in [6, 6.07) is 14.7. The minimum atomic E-state index is -1.05. The number of carboxylic acids is 1. The van der Waals surface area contributed by atoms with Crippen molar-refractivity contribution in [3.05, 3.63) is 59.7 Å². The lowest BCUT2D eigenvalue weighted by molar-refractivity contribution is -0.142. The number of aliphatic carboxylic acids is 1. The van der Waals surface area contributed by atoms with Crippen molar-refractivity contribution in [1.82, 2.24) is 10.6 Å². The molecule has 0 saturated heterocycles. The first-order valence-corrected chi connectivity index (χ1v) is 11.4. The maximum Gasteiger partial charge on any atom is 0.407 e. The van der Waals surface area contributed by atoms with Crippen LogP contribution >= 0.6 is 0 Å². The Balaban J connectivity index is 1.51. The molecule has 0 aliphatic heterocycles. The molecule has 1 aliphatic carbocycles. The third-order valence-electron chi connectivity index (χ3n) is 6.17. The molecule has 0 heterocycles. The van der Waals surface area contributed by atoms with Crippen molar-refractivity contribution in [3.63, 3.8) is 0 Å². The van der Waals surface area contributed by atoms with E-state index in [2.05, 4.69) is 22.8 Å². The zero-order valence-corrected chi connectivity index (χ0v) is 19.3. The van der Waals surface area contributed by atoms with Gasteiger partial charge in [0.25, 0.3) is 0 Å². The van der Waals surface area contributed by atoms with Crippen LogP contribution in [0.4, 0.5) is 4.79 Å². The molecule has 2 aromatic carbocycles. The Kier molecular flexibility index (Phi) is 8.09. The lowest BCUT2D eigenvalue weighted by Gasteiger charge is -2.20. The van der Waals surface area contributed by atoms with Gasteiger partial charge in [-0.25, -0.2) is 9.59 Å². The minimum Gasteiger partial charge on any atom is -0.480 e. The van der Waals surface area contributed by atoms with Crippen molar-refractivity contribution < 1.29 is 24.2 Å². The number of alkyl carbamates (subject to hydrolysis) is 1. The number of carbonyl (C=O) groups excluding carboxylic acids is 2. The molecule has 176 valence electrons. The second kappa shape index (κ2) is 11.0. The van der Waals surface area contributed by atoms with E-state index in [0.717, 1.165) is 28.7 Å². The number of fused-ring (bicyclic) bond motifs is 3. The summed E-state index contributed by atoms with van der Waals surface area (Å²) in [4.78, 5) is 36.1. The predicted molar refractivity (Wildman–Crippen MR) is 126 cm³/mol. The highest BCUT2D eigenvalue weighted by atomic mass is 16.5. The van der Waals surface area contributed by atoms with Crippen molar-refractivity contribution >= 4 is 18.0 Å². The van der Waals surface area contributed by atoms with E-state index in [1.807, 2.05) is 50.2 Å². The number of amides is 2. The monoisotopic (exact) mass is 452 g/mol. The highest BCUT2D eigenvalue weighted by molar-refractivity contribution is 5.84. The van der Waals surface area contributed by atoms with Crippen LogP contribution in [0.2, 0.25) is 0 Å². The summed E-state index contributed by atoms with van der Waals surface area (Å²) in [5.41, 5.74) is 4.55. The van der Waals surface area contributed by atoms with Gasteiger partial charge >= 0.3 is 12.1 Å². The number of carbonyl (C=O) groups is 3. The SMILES string of the molecule is CCC(C)CC(NC(=O)CC(C)NC(=O)OCC1c2ccccc2-c2ccccc21)C(=O)O. The Morgan fingerprint density at radius 3 is 2.09 bits per heavy atom. The third-order valence-corrected chi connectivity index (χ3v) is 6.17. The van der Waals surface area contributed by atoms with Gasteiger partial charge in [-0.15, -0.1) is 0 Å². The van der Waals surface area contributed by atoms with Crippen LogP contribution in [0.25, 0.3) is 11.1 Å². The van der Waals surface area contributed by atoms with Gasteiger partial charge in [-0.05, 0) is 41.5 Å². The first-order valence-electron chi connectivity index (χ1n) is 11.4. The summed E-state index contributed by atoms with van der Waals surface area (Å²) in [5.74, 6) is -1.33. The fraction of sp³-hybridized carbons (Fsp3) is 0.423. The van der Waals surface area contributed by atoms with Gasteiger partial charge in [-0.2, -0.15) is 0 Å². The van der Waals surface area contributed by atoms with E-state index in [1.165, 1.54) is 0 Å². The van der Waals surface area contributed by atoms with Crippen LogP contribution in [0, 0.1) is 5.92 Å². The summed E-state index contributed by atoms with van der Waals surface area (Å²) < 4.78 is 5.50. The summed E-state index contributed by atoms with van der Waals surface area (Å²) in [7, 11) is 0. The molecule has 3 N–H and O–H groups in total. The smallest absolute Gasteiger partial charge is 0.407 e. The van der Waals surface area contributed by atoms with Crippen LogP contribution in [-0.2, 0) is 14.3 Å². The molecule has 3 rings (SSSR count). The molecule has 3 atom stereocenters. The quantitative estimate of drug-likeness (QED) is 0.498. The minimum absolute atomic E-state index is 0.0333. The molecule has 33 heavy (non-hydrogen) atoms. The first-order chi connectivity index (χ1) is 15.8. The lowest BCUT2D eigenvalue weighted by Crippen LogP contribution is -2.44. The number of hydrogen-bond donors (Lipinski definition) is 3. The Hall–Kier alpha value is -3.35. The zero-order chi connectivity index (χ0) is 24.0. The van der Waals surface area contributed by atoms with Crippen LogP contribution in [0.5, 0.6) is 0 Å². The second-order valence-electron chi connectivity index (χ2n) is 8.78. The molecule has 0 radical (unpaired) electrons. The largest absolute Gasteiger partial charge is 0.480 e. The number of nitrogens with one attached hydrogen (secondary N) is 2. The van der Waals surface area contributed by atoms with E-state index in [4.69, 9.17) is 4.74 Å². The molecule has 2 amide bonds. The predicted octanol–water partition coefficient (Wildman–Crippen LogP) is 4.31. The third kappa shape index (κ3) is 6.12. The van der Waals surface area contributed by atoms with Crippen molar-refractivity contribution in [3.8, 4) is 11.1 Å². The Morgan fingerprint density at radius 2 is 1.55 bits per heavy atom. The van der Waals surface area contributed by atoms with Gasteiger partial charge in [-0.3, -0.25) is 4.79 Å². The van der Waals surface area contributed by atoms with Gasteiger partial charge in [-0.1, -0.05) is 68.8 Å². The average molecular weight is 453 g/mol. The topological polar surface area (TPSA) is 105 Å². The van der Waals surface area contributed by atoms with E-state index in [0.29, 0.717) is 6.42 Å². The summed E-state index contributed by atoms with van der Waals surface area (Å²) in [5, 5.41) is 14.6. The summed E-state index contributed by atoms with van der Waals surface area (Å²) in [6.45, 7) is 5.80. The van der Waals surface area contributed by atoms with Gasteiger partial charge in [0.1, 0.15) is 12.6 Å². The molecule has 0 saturated carbocycles. The van der Waals surface area contributed by atoms with Gasteiger partial charge < -0.3 is 20.5 Å². The Labute approximate surface area is 194 Å². The van der Waals surface area contributed by atoms with E-state index >= 15 is 0 Å². The normalized spacial score (nSPS) is 15.0. The molecular weight excluding hydrogens is 420 g/mol. The molecule has 0 spiro atoms. The van der Waals surface area contributed by atoms with E-state index in [9.17, 15) is 19.5 Å². The van der Waals surface area contributed by atoms with Crippen molar-refractivity contribution in [1.29, 1.82) is 0 Å². The van der Waals surface area contributed by atoms with Gasteiger partial charge in [0.2, 0.25) is 5.91 Å². The van der Waals surface area contributed by atoms with E-state index in [1.54, 1.807) is 6.92 Å². The van der Waals surface area contributed by atoms with E-state index in [-0.39, 0.29) is 24.9 Å².